The molecule has 0 aliphatic heterocycles. The van der Waals surface area contributed by atoms with E-state index in [1.54, 1.807) is 0 Å². The summed E-state index contributed by atoms with van der Waals surface area (Å²) < 4.78 is 0. The Morgan fingerprint density at radius 1 is 1.32 bits per heavy atom. The lowest BCUT2D eigenvalue weighted by atomic mass is 9.92. The molecule has 6 nitrogen and oxygen atoms in total. The number of anilines is 1. The monoisotopic (exact) mass is 317 g/mol. The Labute approximate surface area is 133 Å². The van der Waals surface area contributed by atoms with Gasteiger partial charge in [-0.2, -0.15) is 0 Å². The van der Waals surface area contributed by atoms with Crippen molar-refractivity contribution >= 4 is 45.1 Å². The molecule has 116 valence electrons. The number of aromatic amines is 1. The van der Waals surface area contributed by atoms with Crippen LogP contribution >= 0.6 is 11.8 Å². The van der Waals surface area contributed by atoms with Gasteiger partial charge in [0.15, 0.2) is 5.82 Å². The van der Waals surface area contributed by atoms with E-state index in [0.29, 0.717) is 11.6 Å². The van der Waals surface area contributed by atoms with Gasteiger partial charge in [-0.1, -0.05) is 56.8 Å². The SMILES string of the molecule is CC(C)(C)C(=O)CSC(=N)/N=N/c1[nH]c(N)c2ccccc12. The number of nitrogens with zero attached hydrogens (tertiary/aromatic N) is 2. The highest BCUT2D eigenvalue weighted by atomic mass is 32.2. The lowest BCUT2D eigenvalue weighted by Gasteiger charge is -2.15. The van der Waals surface area contributed by atoms with E-state index in [-0.39, 0.29) is 16.7 Å². The lowest BCUT2D eigenvalue weighted by Crippen LogP contribution is -2.22. The number of fused-ring (bicyclic) bond motifs is 1. The van der Waals surface area contributed by atoms with E-state index in [2.05, 4.69) is 15.2 Å². The van der Waals surface area contributed by atoms with Crippen molar-refractivity contribution in [1.82, 2.24) is 4.98 Å². The second-order valence-corrected chi connectivity index (χ2v) is 6.86. The van der Waals surface area contributed by atoms with E-state index < -0.39 is 5.41 Å². The van der Waals surface area contributed by atoms with Crippen molar-refractivity contribution in [3.8, 4) is 0 Å². The zero-order chi connectivity index (χ0) is 16.3. The van der Waals surface area contributed by atoms with Crippen molar-refractivity contribution < 1.29 is 4.79 Å². The number of nitrogens with one attached hydrogen (secondary N) is 2. The third-order valence-corrected chi connectivity index (χ3v) is 3.90. The minimum Gasteiger partial charge on any atom is -0.385 e. The Balaban J connectivity index is 2.05. The topological polar surface area (TPSA) is 107 Å². The maximum absolute atomic E-state index is 11.8. The van der Waals surface area contributed by atoms with Crippen LogP contribution in [0.1, 0.15) is 20.8 Å². The van der Waals surface area contributed by atoms with Crippen LogP contribution in [-0.4, -0.2) is 21.7 Å². The summed E-state index contributed by atoms with van der Waals surface area (Å²) in [5.74, 6) is 1.33. The fraction of sp³-hybridized carbons (Fsp3) is 0.333. The van der Waals surface area contributed by atoms with Crippen LogP contribution in [0.25, 0.3) is 10.8 Å². The molecule has 0 aliphatic rings. The van der Waals surface area contributed by atoms with Gasteiger partial charge in [0.1, 0.15) is 11.6 Å². The first-order valence-electron chi connectivity index (χ1n) is 6.81. The van der Waals surface area contributed by atoms with E-state index >= 15 is 0 Å². The van der Waals surface area contributed by atoms with Crippen molar-refractivity contribution in [2.45, 2.75) is 20.8 Å². The maximum Gasteiger partial charge on any atom is 0.202 e. The van der Waals surface area contributed by atoms with Crippen molar-refractivity contribution in [2.24, 2.45) is 15.6 Å². The van der Waals surface area contributed by atoms with E-state index in [4.69, 9.17) is 11.1 Å². The van der Waals surface area contributed by atoms with Crippen molar-refractivity contribution in [2.75, 3.05) is 11.5 Å². The van der Waals surface area contributed by atoms with Gasteiger partial charge in [0, 0.05) is 16.2 Å². The molecule has 7 heteroatoms. The molecule has 2 rings (SSSR count). The number of ketones is 1. The van der Waals surface area contributed by atoms with Gasteiger partial charge in [-0.15, -0.1) is 10.2 Å². The zero-order valence-corrected chi connectivity index (χ0v) is 13.6. The third-order valence-electron chi connectivity index (χ3n) is 3.14. The minimum absolute atomic E-state index is 0.00477. The summed E-state index contributed by atoms with van der Waals surface area (Å²) in [4.78, 5) is 14.8. The first-order chi connectivity index (χ1) is 10.3. The van der Waals surface area contributed by atoms with Gasteiger partial charge < -0.3 is 10.7 Å². The summed E-state index contributed by atoms with van der Waals surface area (Å²) in [6.45, 7) is 5.57. The number of carbonyl (C=O) groups excluding carboxylic acids is 1. The number of Topliss-reactive ketones (excluding diaryl/α,β-unsaturated/α-hetero) is 1. The van der Waals surface area contributed by atoms with Crippen molar-refractivity contribution in [3.05, 3.63) is 24.3 Å². The Hall–Kier alpha value is -2.15. The number of H-pyrrole nitrogens is 1. The Kier molecular flexibility index (Phi) is 4.65. The number of aromatic nitrogens is 1. The molecule has 0 saturated heterocycles. The normalized spacial score (nSPS) is 12.1. The number of rotatable bonds is 3. The molecule has 0 amide bonds. The summed E-state index contributed by atoms with van der Waals surface area (Å²) >= 11 is 1.07. The smallest absolute Gasteiger partial charge is 0.202 e. The largest absolute Gasteiger partial charge is 0.385 e. The number of nitrogens with two attached hydrogens (primary N) is 1. The molecule has 1 aromatic heterocycles. The molecule has 0 radical (unpaired) electrons. The molecule has 0 bridgehead atoms. The molecule has 4 N–H and O–H groups in total. The molecule has 0 spiro atoms. The van der Waals surface area contributed by atoms with Crippen LogP contribution in [0.4, 0.5) is 11.6 Å². The minimum atomic E-state index is -0.408. The predicted octanol–water partition coefficient (Wildman–Crippen LogP) is 4.12. The van der Waals surface area contributed by atoms with Gasteiger partial charge in [0.2, 0.25) is 5.17 Å². The molecular weight excluding hydrogens is 298 g/mol. The number of hydrogen-bond donors (Lipinski definition) is 3. The number of carbonyl (C=O) groups is 1. The number of azo groups is 1. The number of nitrogen functional groups attached to an aromatic ring is 1. The molecule has 0 atom stereocenters. The third kappa shape index (κ3) is 3.73. The van der Waals surface area contributed by atoms with E-state index in [9.17, 15) is 4.79 Å². The van der Waals surface area contributed by atoms with Gasteiger partial charge >= 0.3 is 0 Å². The second-order valence-electron chi connectivity index (χ2n) is 5.90. The highest BCUT2D eigenvalue weighted by Gasteiger charge is 2.21. The number of amidine groups is 1. The fourth-order valence-electron chi connectivity index (χ4n) is 1.74. The van der Waals surface area contributed by atoms with Gasteiger partial charge in [0.25, 0.3) is 0 Å². The van der Waals surface area contributed by atoms with Crippen LogP contribution in [0.3, 0.4) is 0 Å². The first-order valence-corrected chi connectivity index (χ1v) is 7.80. The van der Waals surface area contributed by atoms with Gasteiger partial charge in [0.05, 0.1) is 5.75 Å². The Bertz CT molecular complexity index is 742. The molecule has 1 aromatic carbocycles. The molecule has 0 saturated carbocycles. The van der Waals surface area contributed by atoms with Crippen LogP contribution < -0.4 is 5.73 Å². The highest BCUT2D eigenvalue weighted by Crippen LogP contribution is 2.30. The van der Waals surface area contributed by atoms with Gasteiger partial charge in [-0.25, -0.2) is 0 Å². The molecular formula is C15H19N5OS. The summed E-state index contributed by atoms with van der Waals surface area (Å²) in [5.41, 5.74) is 5.46. The van der Waals surface area contributed by atoms with Crippen molar-refractivity contribution in [1.29, 1.82) is 5.41 Å². The fourth-order valence-corrected chi connectivity index (χ4v) is 2.54. The maximum atomic E-state index is 11.8. The molecule has 0 fully saturated rings. The quantitative estimate of drug-likeness (QED) is 0.450. The van der Waals surface area contributed by atoms with E-state index in [1.165, 1.54) is 0 Å². The van der Waals surface area contributed by atoms with Crippen LogP contribution in [-0.2, 0) is 4.79 Å². The first kappa shape index (κ1) is 16.2. The number of benzene rings is 1. The number of thioether (sulfide) groups is 1. The number of hydrogen-bond acceptors (Lipinski definition) is 5. The molecule has 0 aliphatic carbocycles. The van der Waals surface area contributed by atoms with E-state index in [0.717, 1.165) is 22.5 Å². The highest BCUT2D eigenvalue weighted by molar-refractivity contribution is 8.14. The van der Waals surface area contributed by atoms with Crippen molar-refractivity contribution in [3.63, 3.8) is 0 Å². The predicted molar refractivity (Wildman–Crippen MR) is 91.9 cm³/mol. The van der Waals surface area contributed by atoms with Crippen LogP contribution in [0, 0.1) is 10.8 Å². The zero-order valence-electron chi connectivity index (χ0n) is 12.8. The molecule has 22 heavy (non-hydrogen) atoms. The average molecular weight is 317 g/mol. The van der Waals surface area contributed by atoms with Crippen LogP contribution in [0.2, 0.25) is 0 Å². The lowest BCUT2D eigenvalue weighted by molar-refractivity contribution is -0.123. The van der Waals surface area contributed by atoms with Crippen LogP contribution in [0.15, 0.2) is 34.5 Å². The summed E-state index contributed by atoms with van der Waals surface area (Å²) in [5, 5.41) is 17.4. The summed E-state index contributed by atoms with van der Waals surface area (Å²) in [7, 11) is 0. The Morgan fingerprint density at radius 3 is 2.59 bits per heavy atom. The van der Waals surface area contributed by atoms with Crippen LogP contribution in [0.5, 0.6) is 0 Å². The summed E-state index contributed by atoms with van der Waals surface area (Å²) in [6, 6.07) is 7.55. The second kappa shape index (κ2) is 6.31. The molecule has 1 heterocycles. The molecule has 0 unspecified atom stereocenters. The Morgan fingerprint density at radius 2 is 1.95 bits per heavy atom. The van der Waals surface area contributed by atoms with Gasteiger partial charge in [-0.05, 0) is 0 Å². The van der Waals surface area contributed by atoms with E-state index in [1.807, 2.05) is 45.0 Å². The average Bonchev–Trinajstić information content (AvgIpc) is 2.78. The summed E-state index contributed by atoms with van der Waals surface area (Å²) in [6.07, 6.45) is 0. The molecule has 2 aromatic rings. The van der Waals surface area contributed by atoms with Gasteiger partial charge in [-0.3, -0.25) is 10.2 Å². The standard InChI is InChI=1S/C15H19N5OS/c1-15(2,3)11(21)8-22-14(17)20-19-13-10-7-5-4-6-9(10)12(16)18-13/h4-7,17-18H,8,16H2,1-3H3/b17-14?,20-19+.